The van der Waals surface area contributed by atoms with Gasteiger partial charge < -0.3 is 4.79 Å². The van der Waals surface area contributed by atoms with E-state index in [1.54, 1.807) is 6.07 Å². The Morgan fingerprint density at radius 2 is 1.91 bits per heavy atom. The zero-order valence-electron chi connectivity index (χ0n) is 5.29. The second-order valence-corrected chi connectivity index (χ2v) is 2.74. The fourth-order valence-corrected chi connectivity index (χ4v) is 1.04. The average molecular weight is 373 g/mol. The summed E-state index contributed by atoms with van der Waals surface area (Å²) >= 11 is 4.32. The molecule has 0 aliphatic rings. The predicted molar refractivity (Wildman–Crippen MR) is 49.8 cm³/mol. The molecule has 0 spiro atoms. The molecular formula is C7H4ClIOPd. The summed E-state index contributed by atoms with van der Waals surface area (Å²) in [5, 5.41) is 0. The summed E-state index contributed by atoms with van der Waals surface area (Å²) in [5.41, 5.74) is 0.637. The Morgan fingerprint density at radius 1 is 1.36 bits per heavy atom. The molecule has 62 valence electrons. The molecule has 0 saturated heterocycles. The Morgan fingerprint density at radius 3 is 2.27 bits per heavy atom. The normalized spacial score (nSPS) is 8.00. The molecule has 1 aromatic carbocycles. The number of carbonyl (C=O) groups excluding carboxylic acids is 1. The van der Waals surface area contributed by atoms with Gasteiger partial charge in [0.15, 0.2) is 0 Å². The molecular weight excluding hydrogens is 369 g/mol. The molecule has 0 aliphatic heterocycles. The molecule has 0 heterocycles. The minimum atomic E-state index is 0.637. The Hall–Kier alpha value is 0.572. The van der Waals surface area contributed by atoms with Gasteiger partial charge in [-0.05, 0) is 0 Å². The van der Waals surface area contributed by atoms with Crippen LogP contribution in [0.3, 0.4) is 0 Å². The molecule has 0 amide bonds. The van der Waals surface area contributed by atoms with Gasteiger partial charge in [-0.2, -0.15) is 6.07 Å². The third-order valence-electron chi connectivity index (χ3n) is 0.984. The SMILES string of the molecule is O=[C-]c1ccccc1I.[Cl][Pd+]. The molecule has 1 aromatic rings. The summed E-state index contributed by atoms with van der Waals surface area (Å²) in [7, 11) is 4.49. The summed E-state index contributed by atoms with van der Waals surface area (Å²) in [5.74, 6) is 0. The van der Waals surface area contributed by atoms with Crippen molar-refractivity contribution in [3.8, 4) is 0 Å². The van der Waals surface area contributed by atoms with Gasteiger partial charge in [-0.25, -0.2) is 0 Å². The molecule has 1 nitrogen and oxygen atoms in total. The van der Waals surface area contributed by atoms with E-state index < -0.39 is 0 Å². The Bertz CT molecular complexity index is 229. The van der Waals surface area contributed by atoms with Crippen molar-refractivity contribution in [1.29, 1.82) is 0 Å². The van der Waals surface area contributed by atoms with Gasteiger partial charge in [-0.3, -0.25) is 0 Å². The second-order valence-electron chi connectivity index (χ2n) is 1.58. The fourth-order valence-electron chi connectivity index (χ4n) is 0.544. The third-order valence-corrected chi connectivity index (χ3v) is 1.92. The zero-order chi connectivity index (χ0) is 8.69. The van der Waals surface area contributed by atoms with Gasteiger partial charge in [0.05, 0.1) is 6.29 Å². The van der Waals surface area contributed by atoms with Gasteiger partial charge in [-0.1, -0.05) is 9.64 Å². The van der Waals surface area contributed by atoms with Gasteiger partial charge >= 0.3 is 27.7 Å². The number of rotatable bonds is 1. The van der Waals surface area contributed by atoms with Crippen LogP contribution < -0.4 is 0 Å². The van der Waals surface area contributed by atoms with Crippen LogP contribution in [-0.2, 0) is 23.0 Å². The topological polar surface area (TPSA) is 17.1 Å². The molecule has 0 bridgehead atoms. The first kappa shape index (κ1) is 11.6. The predicted octanol–water partition coefficient (Wildman–Crippen LogP) is 2.44. The minimum absolute atomic E-state index is 0.637. The summed E-state index contributed by atoms with van der Waals surface area (Å²) < 4.78 is 0.949. The Labute approximate surface area is 94.0 Å². The quantitative estimate of drug-likeness (QED) is 0.420. The molecule has 0 aliphatic carbocycles. The van der Waals surface area contributed by atoms with Gasteiger partial charge in [0, 0.05) is 0 Å². The van der Waals surface area contributed by atoms with Crippen LogP contribution in [0.15, 0.2) is 24.3 Å². The van der Waals surface area contributed by atoms with E-state index in [2.05, 4.69) is 50.3 Å². The van der Waals surface area contributed by atoms with Crippen molar-refractivity contribution in [2.75, 3.05) is 0 Å². The molecule has 4 heteroatoms. The van der Waals surface area contributed by atoms with Crippen LogP contribution in [0.5, 0.6) is 0 Å². The molecule has 0 fully saturated rings. The van der Waals surface area contributed by atoms with Crippen LogP contribution in [-0.4, -0.2) is 6.29 Å². The number of halogens is 2. The molecule has 0 aromatic heterocycles. The van der Waals surface area contributed by atoms with Gasteiger partial charge in [-0.15, -0.1) is 40.3 Å². The van der Waals surface area contributed by atoms with Crippen molar-refractivity contribution in [1.82, 2.24) is 0 Å². The molecule has 0 N–H and O–H groups in total. The molecule has 0 radical (unpaired) electrons. The molecule has 1 rings (SSSR count). The van der Waals surface area contributed by atoms with Crippen LogP contribution in [0.2, 0.25) is 0 Å². The van der Waals surface area contributed by atoms with E-state index in [9.17, 15) is 4.79 Å². The van der Waals surface area contributed by atoms with Gasteiger partial charge in [0.2, 0.25) is 0 Å². The number of benzene rings is 1. The van der Waals surface area contributed by atoms with Crippen molar-refractivity contribution in [3.63, 3.8) is 0 Å². The molecule has 11 heavy (non-hydrogen) atoms. The van der Waals surface area contributed by atoms with Crippen LogP contribution in [0, 0.1) is 3.57 Å². The van der Waals surface area contributed by atoms with Crippen molar-refractivity contribution in [3.05, 3.63) is 33.4 Å². The first-order valence-electron chi connectivity index (χ1n) is 2.59. The van der Waals surface area contributed by atoms with Gasteiger partial charge in [0.25, 0.3) is 0 Å². The summed E-state index contributed by atoms with van der Waals surface area (Å²) in [4.78, 5) is 10.1. The first-order valence-corrected chi connectivity index (χ1v) is 5.67. The maximum atomic E-state index is 10.1. The average Bonchev–Trinajstić information content (AvgIpc) is 2.09. The second kappa shape index (κ2) is 7.23. The van der Waals surface area contributed by atoms with E-state index in [1.807, 2.05) is 24.5 Å². The van der Waals surface area contributed by atoms with Crippen molar-refractivity contribution in [2.45, 2.75) is 0 Å². The van der Waals surface area contributed by atoms with Crippen molar-refractivity contribution >= 4 is 38.4 Å². The van der Waals surface area contributed by atoms with Gasteiger partial charge in [0.1, 0.15) is 0 Å². The van der Waals surface area contributed by atoms with E-state index >= 15 is 0 Å². The monoisotopic (exact) mass is 372 g/mol. The Balaban J connectivity index is 0.000000461. The molecule has 0 atom stereocenters. The Kier molecular flexibility index (Phi) is 7.61. The van der Waals surface area contributed by atoms with Crippen LogP contribution in [0.1, 0.15) is 5.56 Å². The van der Waals surface area contributed by atoms with E-state index in [0.29, 0.717) is 5.56 Å². The van der Waals surface area contributed by atoms with E-state index in [0.717, 1.165) is 3.57 Å². The molecule has 0 unspecified atom stereocenters. The standard InChI is InChI=1S/C7H4IO.ClH.Pd/c8-7-4-2-1-3-6(7)5-9;;/h1-4H;1H;/q-1;;+2/p-1. The number of hydrogen-bond donors (Lipinski definition) is 0. The van der Waals surface area contributed by atoms with E-state index in [4.69, 9.17) is 0 Å². The summed E-state index contributed by atoms with van der Waals surface area (Å²) in [6.07, 6.45) is 1.84. The van der Waals surface area contributed by atoms with Crippen LogP contribution >= 0.6 is 32.1 Å². The van der Waals surface area contributed by atoms with Crippen LogP contribution in [0.4, 0.5) is 0 Å². The summed E-state index contributed by atoms with van der Waals surface area (Å²) in [6.45, 7) is 0. The summed E-state index contributed by atoms with van der Waals surface area (Å²) in [6, 6.07) is 7.33. The van der Waals surface area contributed by atoms with Crippen molar-refractivity contribution in [2.24, 2.45) is 0 Å². The first-order chi connectivity index (χ1) is 5.34. The van der Waals surface area contributed by atoms with Crippen LogP contribution in [0.25, 0.3) is 0 Å². The van der Waals surface area contributed by atoms with E-state index in [-0.39, 0.29) is 0 Å². The zero-order valence-corrected chi connectivity index (χ0v) is 9.76. The number of hydrogen-bond acceptors (Lipinski definition) is 1. The third kappa shape index (κ3) is 4.22. The maximum absolute atomic E-state index is 10.1. The molecule has 0 saturated carbocycles. The fraction of sp³-hybridized carbons (Fsp3) is 0. The van der Waals surface area contributed by atoms with Crippen molar-refractivity contribution < 1.29 is 23.0 Å². The van der Waals surface area contributed by atoms with E-state index in [1.165, 1.54) is 0 Å².